The van der Waals surface area contributed by atoms with Gasteiger partial charge in [0, 0.05) is 88.0 Å². The summed E-state index contributed by atoms with van der Waals surface area (Å²) in [6.45, 7) is 6.98. The van der Waals surface area contributed by atoms with Crippen LogP contribution in [-0.2, 0) is 17.8 Å². The van der Waals surface area contributed by atoms with Gasteiger partial charge < -0.3 is 24.8 Å². The molecule has 0 radical (unpaired) electrons. The maximum atomic E-state index is 13.5. The molecule has 0 atom stereocenters. The van der Waals surface area contributed by atoms with Crippen molar-refractivity contribution in [1.29, 1.82) is 5.26 Å². The van der Waals surface area contributed by atoms with Crippen molar-refractivity contribution in [2.75, 3.05) is 44.2 Å². The third-order valence-corrected chi connectivity index (χ3v) is 11.0. The van der Waals surface area contributed by atoms with E-state index in [1.165, 1.54) is 0 Å². The molecule has 1 aromatic carbocycles. The minimum atomic E-state index is -0.194. The molecule has 0 unspecified atom stereocenters. The molecule has 276 valence electrons. The van der Waals surface area contributed by atoms with Gasteiger partial charge in [-0.3, -0.25) is 24.3 Å². The first-order chi connectivity index (χ1) is 25.8. The van der Waals surface area contributed by atoms with Crippen LogP contribution in [0.2, 0.25) is 5.02 Å². The molecule has 2 saturated heterocycles. The second kappa shape index (κ2) is 16.3. The number of benzene rings is 1. The number of nitrogens with zero attached hydrogens (tertiary/aromatic N) is 7. The summed E-state index contributed by atoms with van der Waals surface area (Å²) in [5.74, 6) is 1.20. The van der Waals surface area contributed by atoms with E-state index in [0.29, 0.717) is 60.4 Å². The number of carbonyl (C=O) groups excluding carboxylic acids is 2. The van der Waals surface area contributed by atoms with Crippen molar-refractivity contribution in [3.8, 4) is 11.8 Å². The first-order valence-corrected chi connectivity index (χ1v) is 18.9. The Kier molecular flexibility index (Phi) is 11.2. The second-order valence-electron chi connectivity index (χ2n) is 14.2. The van der Waals surface area contributed by atoms with E-state index in [-0.39, 0.29) is 35.4 Å². The normalized spacial score (nSPS) is 19.9. The monoisotopic (exact) mass is 737 g/mol. The molecule has 3 aliphatic rings. The standard InChI is InChI=1S/C39H44ClN9O4/c1-2-26-18-34-35(46-36(26)50)17-25(21-42-34)24-47-13-15-48(16-14-47)38(52)27-9-11-49(12-10-27)39-43-22-29(23-44-39)37(51)45-30-4-7-31(8-5-30)53-32-6-3-28(20-41)33(40)19-32/h3,6,17-19,21-23,27,30-31H,2,4-5,7-16,24H2,1H3,(H,45,51)(H,46,50). The number of aryl methyl sites for hydroxylation is 1. The van der Waals surface area contributed by atoms with Gasteiger partial charge in [-0.15, -0.1) is 0 Å². The number of piperazine rings is 1. The molecule has 13 nitrogen and oxygen atoms in total. The number of anilines is 1. The van der Waals surface area contributed by atoms with Gasteiger partial charge in [0.25, 0.3) is 11.5 Å². The summed E-state index contributed by atoms with van der Waals surface area (Å²) in [6, 6.07) is 11.0. The van der Waals surface area contributed by atoms with Crippen LogP contribution in [0, 0.1) is 17.2 Å². The Morgan fingerprint density at radius 2 is 1.70 bits per heavy atom. The van der Waals surface area contributed by atoms with Crippen molar-refractivity contribution in [2.45, 2.75) is 70.6 Å². The van der Waals surface area contributed by atoms with Gasteiger partial charge in [-0.2, -0.15) is 5.26 Å². The first-order valence-electron chi connectivity index (χ1n) is 18.5. The molecule has 3 aromatic heterocycles. The smallest absolute Gasteiger partial charge is 0.254 e. The molecule has 7 rings (SSSR count). The van der Waals surface area contributed by atoms with Crippen molar-refractivity contribution >= 4 is 40.4 Å². The number of rotatable bonds is 9. The lowest BCUT2D eigenvalue weighted by Crippen LogP contribution is -2.51. The Bertz CT molecular complexity index is 2040. The maximum absolute atomic E-state index is 13.5. The van der Waals surface area contributed by atoms with Crippen LogP contribution in [0.3, 0.4) is 0 Å². The number of fused-ring (bicyclic) bond motifs is 1. The summed E-state index contributed by atoms with van der Waals surface area (Å²) < 4.78 is 6.07. The Morgan fingerprint density at radius 1 is 0.962 bits per heavy atom. The van der Waals surface area contributed by atoms with E-state index in [9.17, 15) is 14.4 Å². The number of aromatic nitrogens is 4. The first kappa shape index (κ1) is 36.3. The van der Waals surface area contributed by atoms with Crippen LogP contribution in [0.25, 0.3) is 11.0 Å². The van der Waals surface area contributed by atoms with E-state index in [1.54, 1.807) is 30.6 Å². The number of halogens is 1. The van der Waals surface area contributed by atoms with Crippen molar-refractivity contribution in [2.24, 2.45) is 5.92 Å². The lowest BCUT2D eigenvalue weighted by molar-refractivity contribution is -0.138. The largest absolute Gasteiger partial charge is 0.490 e. The molecule has 4 aromatic rings. The van der Waals surface area contributed by atoms with Crippen LogP contribution in [0.15, 0.2) is 53.7 Å². The minimum absolute atomic E-state index is 0.0222. The Hall–Kier alpha value is -5.06. The maximum Gasteiger partial charge on any atom is 0.254 e. The van der Waals surface area contributed by atoms with Gasteiger partial charge in [-0.05, 0) is 74.8 Å². The number of piperidine rings is 1. The summed E-state index contributed by atoms with van der Waals surface area (Å²) >= 11 is 6.14. The quantitative estimate of drug-likeness (QED) is 0.251. The zero-order chi connectivity index (χ0) is 36.9. The number of aromatic amines is 1. The lowest BCUT2D eigenvalue weighted by atomic mass is 9.92. The minimum Gasteiger partial charge on any atom is -0.490 e. The molecule has 2 N–H and O–H groups in total. The van der Waals surface area contributed by atoms with E-state index < -0.39 is 0 Å². The number of pyridine rings is 2. The van der Waals surface area contributed by atoms with E-state index in [1.807, 2.05) is 30.2 Å². The third kappa shape index (κ3) is 8.61. The highest BCUT2D eigenvalue weighted by Gasteiger charge is 2.31. The summed E-state index contributed by atoms with van der Waals surface area (Å²) in [4.78, 5) is 61.7. The zero-order valence-electron chi connectivity index (χ0n) is 29.9. The molecule has 3 fully saturated rings. The number of H-pyrrole nitrogens is 1. The van der Waals surface area contributed by atoms with Gasteiger partial charge in [0.05, 0.1) is 33.3 Å². The Balaban J connectivity index is 0.822. The van der Waals surface area contributed by atoms with Gasteiger partial charge in [0.1, 0.15) is 11.8 Å². The van der Waals surface area contributed by atoms with Gasteiger partial charge in [0.2, 0.25) is 11.9 Å². The summed E-state index contributed by atoms with van der Waals surface area (Å²) in [5, 5.41) is 12.6. The zero-order valence-corrected chi connectivity index (χ0v) is 30.6. The summed E-state index contributed by atoms with van der Waals surface area (Å²) in [5.41, 5.74) is 4.10. The second-order valence-corrected chi connectivity index (χ2v) is 14.6. The van der Waals surface area contributed by atoms with Gasteiger partial charge >= 0.3 is 0 Å². The van der Waals surface area contributed by atoms with Gasteiger partial charge in [0.15, 0.2) is 0 Å². The number of carbonyl (C=O) groups is 2. The fourth-order valence-corrected chi connectivity index (χ4v) is 7.75. The van der Waals surface area contributed by atoms with E-state index in [4.69, 9.17) is 21.6 Å². The van der Waals surface area contributed by atoms with Crippen LogP contribution in [0.4, 0.5) is 5.95 Å². The highest BCUT2D eigenvalue weighted by Crippen LogP contribution is 2.28. The molecular weight excluding hydrogens is 694 g/mol. The van der Waals surface area contributed by atoms with Gasteiger partial charge in [-0.1, -0.05) is 18.5 Å². The number of nitriles is 1. The fraction of sp³-hybridized carbons (Fsp3) is 0.462. The van der Waals surface area contributed by atoms with E-state index in [0.717, 1.165) is 80.3 Å². The van der Waals surface area contributed by atoms with Crippen molar-refractivity contribution in [3.63, 3.8) is 0 Å². The summed E-state index contributed by atoms with van der Waals surface area (Å²) in [7, 11) is 0. The Labute approximate surface area is 313 Å². The molecule has 2 amide bonds. The van der Waals surface area contributed by atoms with E-state index >= 15 is 0 Å². The highest BCUT2D eigenvalue weighted by atomic mass is 35.5. The molecular formula is C39H44ClN9O4. The van der Waals surface area contributed by atoms with Crippen LogP contribution in [0.1, 0.15) is 72.5 Å². The number of hydrogen-bond donors (Lipinski definition) is 2. The molecule has 0 bridgehead atoms. The van der Waals surface area contributed by atoms with Crippen LogP contribution < -0.4 is 20.5 Å². The average Bonchev–Trinajstić information content (AvgIpc) is 3.18. The molecule has 2 aliphatic heterocycles. The van der Waals surface area contributed by atoms with Crippen molar-refractivity contribution < 1.29 is 14.3 Å². The van der Waals surface area contributed by atoms with Crippen molar-refractivity contribution in [1.82, 2.24) is 35.1 Å². The predicted molar refractivity (Wildman–Crippen MR) is 201 cm³/mol. The van der Waals surface area contributed by atoms with Gasteiger partial charge in [-0.25, -0.2) is 9.97 Å². The molecule has 53 heavy (non-hydrogen) atoms. The number of amides is 2. The number of nitrogens with one attached hydrogen (secondary N) is 2. The molecule has 1 saturated carbocycles. The third-order valence-electron chi connectivity index (χ3n) is 10.7. The van der Waals surface area contributed by atoms with Crippen molar-refractivity contribution in [3.05, 3.63) is 86.6 Å². The highest BCUT2D eigenvalue weighted by molar-refractivity contribution is 6.31. The molecule has 0 spiro atoms. The number of hydrogen-bond acceptors (Lipinski definition) is 10. The lowest BCUT2D eigenvalue weighted by Gasteiger charge is -2.38. The Morgan fingerprint density at radius 3 is 2.38 bits per heavy atom. The predicted octanol–water partition coefficient (Wildman–Crippen LogP) is 4.48. The van der Waals surface area contributed by atoms with E-state index in [2.05, 4.69) is 41.1 Å². The SMILES string of the molecule is CCc1cc2ncc(CN3CCN(C(=O)C4CCN(c5ncc(C(=O)NC6CCC(Oc7ccc(C#N)c(Cl)c7)CC6)cn5)CC4)CC3)cc2[nH]c1=O. The molecule has 1 aliphatic carbocycles. The van der Waals surface area contributed by atoms with Crippen LogP contribution in [-0.4, -0.2) is 93.0 Å². The number of ether oxygens (including phenoxy) is 1. The molecule has 14 heteroatoms. The van der Waals surface area contributed by atoms with Crippen LogP contribution in [0.5, 0.6) is 5.75 Å². The fourth-order valence-electron chi connectivity index (χ4n) is 7.53. The van der Waals surface area contributed by atoms with Crippen LogP contribution >= 0.6 is 11.6 Å². The summed E-state index contributed by atoms with van der Waals surface area (Å²) in [6.07, 6.45) is 10.3. The topological polar surface area (TPSA) is 160 Å². The molecule has 5 heterocycles. The average molecular weight is 738 g/mol.